The molecule has 0 bridgehead atoms. The molecular weight excluding hydrogens is 162 g/mol. The average molecular weight is 177 g/mol. The second-order valence-electron chi connectivity index (χ2n) is 3.64. The molecular formula is C10H15N3. The van der Waals surface area contributed by atoms with Crippen LogP contribution in [0.4, 0.5) is 5.69 Å². The van der Waals surface area contributed by atoms with E-state index in [0.29, 0.717) is 6.04 Å². The largest absolute Gasteiger partial charge is 0.380 e. The van der Waals surface area contributed by atoms with Crippen LogP contribution in [0.15, 0.2) is 12.1 Å². The summed E-state index contributed by atoms with van der Waals surface area (Å²) < 4.78 is 0. The normalized spacial score (nSPS) is 16.8. The lowest BCUT2D eigenvalue weighted by molar-refractivity contribution is 0.472. The van der Waals surface area contributed by atoms with Crippen molar-refractivity contribution in [2.45, 2.75) is 19.9 Å². The molecule has 0 aliphatic carbocycles. The number of hydrogen-bond acceptors (Lipinski definition) is 3. The topological polar surface area (TPSA) is 37.0 Å². The van der Waals surface area contributed by atoms with Crippen LogP contribution in [0.3, 0.4) is 0 Å². The molecule has 1 aromatic heterocycles. The minimum Gasteiger partial charge on any atom is -0.380 e. The van der Waals surface area contributed by atoms with Crippen molar-refractivity contribution in [1.82, 2.24) is 10.3 Å². The first-order valence-corrected chi connectivity index (χ1v) is 4.66. The number of nitrogens with zero attached hydrogens (tertiary/aromatic N) is 1. The van der Waals surface area contributed by atoms with Gasteiger partial charge in [0.15, 0.2) is 0 Å². The van der Waals surface area contributed by atoms with Crippen LogP contribution in [0.2, 0.25) is 0 Å². The summed E-state index contributed by atoms with van der Waals surface area (Å²) in [5.74, 6) is 0. The smallest absolute Gasteiger partial charge is 0.0510 e. The van der Waals surface area contributed by atoms with E-state index in [4.69, 9.17) is 0 Å². The Morgan fingerprint density at radius 3 is 2.38 bits per heavy atom. The molecule has 0 amide bonds. The maximum atomic E-state index is 4.33. The van der Waals surface area contributed by atoms with Crippen molar-refractivity contribution in [2.75, 3.05) is 18.4 Å². The van der Waals surface area contributed by atoms with Crippen LogP contribution in [0.25, 0.3) is 0 Å². The summed E-state index contributed by atoms with van der Waals surface area (Å²) in [5, 5.41) is 6.69. The van der Waals surface area contributed by atoms with Gasteiger partial charge < -0.3 is 10.6 Å². The molecule has 0 atom stereocenters. The Morgan fingerprint density at radius 1 is 1.31 bits per heavy atom. The number of nitrogens with one attached hydrogen (secondary N) is 2. The van der Waals surface area contributed by atoms with Crippen molar-refractivity contribution < 1.29 is 0 Å². The molecule has 1 saturated heterocycles. The highest BCUT2D eigenvalue weighted by molar-refractivity contribution is 5.46. The lowest BCUT2D eigenvalue weighted by atomic mass is 10.1. The Kier molecular flexibility index (Phi) is 2.19. The number of hydrogen-bond donors (Lipinski definition) is 2. The van der Waals surface area contributed by atoms with E-state index in [-0.39, 0.29) is 0 Å². The third-order valence-electron chi connectivity index (χ3n) is 2.23. The summed E-state index contributed by atoms with van der Waals surface area (Å²) in [7, 11) is 0. The molecule has 2 N–H and O–H groups in total. The maximum Gasteiger partial charge on any atom is 0.0510 e. The zero-order valence-electron chi connectivity index (χ0n) is 8.09. The maximum absolute atomic E-state index is 4.33. The highest BCUT2D eigenvalue weighted by Gasteiger charge is 2.15. The van der Waals surface area contributed by atoms with E-state index in [1.807, 2.05) is 13.8 Å². The lowest BCUT2D eigenvalue weighted by Gasteiger charge is -2.29. The minimum absolute atomic E-state index is 0.598. The third kappa shape index (κ3) is 1.98. The Labute approximate surface area is 78.6 Å². The summed E-state index contributed by atoms with van der Waals surface area (Å²) >= 11 is 0. The highest BCUT2D eigenvalue weighted by Crippen LogP contribution is 2.12. The van der Waals surface area contributed by atoms with Gasteiger partial charge in [0.05, 0.1) is 6.04 Å². The van der Waals surface area contributed by atoms with Crippen LogP contribution in [0, 0.1) is 13.8 Å². The highest BCUT2D eigenvalue weighted by atomic mass is 15.1. The van der Waals surface area contributed by atoms with Crippen molar-refractivity contribution in [1.29, 1.82) is 0 Å². The van der Waals surface area contributed by atoms with Crippen LogP contribution in [0.5, 0.6) is 0 Å². The van der Waals surface area contributed by atoms with E-state index in [1.165, 1.54) is 5.69 Å². The van der Waals surface area contributed by atoms with Crippen LogP contribution >= 0.6 is 0 Å². The molecule has 1 aliphatic rings. The van der Waals surface area contributed by atoms with Gasteiger partial charge in [-0.2, -0.15) is 0 Å². The summed E-state index contributed by atoms with van der Waals surface area (Å²) in [5.41, 5.74) is 3.35. The summed E-state index contributed by atoms with van der Waals surface area (Å²) in [4.78, 5) is 4.33. The average Bonchev–Trinajstić information content (AvgIpc) is 1.95. The van der Waals surface area contributed by atoms with E-state index < -0.39 is 0 Å². The predicted molar refractivity (Wildman–Crippen MR) is 54.0 cm³/mol. The fourth-order valence-electron chi connectivity index (χ4n) is 1.54. The molecule has 3 heteroatoms. The number of anilines is 1. The van der Waals surface area contributed by atoms with Crippen LogP contribution in [0.1, 0.15) is 11.4 Å². The first-order chi connectivity index (χ1) is 6.24. The van der Waals surface area contributed by atoms with Crippen molar-refractivity contribution in [3.8, 4) is 0 Å². The Hall–Kier alpha value is -1.09. The molecule has 0 saturated carbocycles. The van der Waals surface area contributed by atoms with Gasteiger partial charge in [-0.05, 0) is 26.0 Å². The van der Waals surface area contributed by atoms with E-state index in [9.17, 15) is 0 Å². The summed E-state index contributed by atoms with van der Waals surface area (Å²) in [6.07, 6.45) is 0. The third-order valence-corrected chi connectivity index (χ3v) is 2.23. The van der Waals surface area contributed by atoms with E-state index in [1.54, 1.807) is 0 Å². The molecule has 1 fully saturated rings. The quantitative estimate of drug-likeness (QED) is 0.710. The predicted octanol–water partition coefficient (Wildman–Crippen LogP) is 1.08. The van der Waals surface area contributed by atoms with Gasteiger partial charge in [0.2, 0.25) is 0 Å². The standard InChI is InChI=1S/C10H15N3/c1-7-3-9(4-8(2)12-7)13-10-5-11-6-10/h3-4,10-11H,5-6H2,1-2H3,(H,12,13). The zero-order valence-corrected chi connectivity index (χ0v) is 8.09. The van der Waals surface area contributed by atoms with Crippen molar-refractivity contribution >= 4 is 5.69 Å². The van der Waals surface area contributed by atoms with E-state index in [0.717, 1.165) is 24.5 Å². The van der Waals surface area contributed by atoms with Gasteiger partial charge in [0.1, 0.15) is 0 Å². The summed E-state index contributed by atoms with van der Waals surface area (Å²) in [6.45, 7) is 6.19. The van der Waals surface area contributed by atoms with Crippen molar-refractivity contribution in [2.24, 2.45) is 0 Å². The molecule has 1 aliphatic heterocycles. The molecule has 0 aromatic carbocycles. The number of aryl methyl sites for hydroxylation is 2. The minimum atomic E-state index is 0.598. The van der Waals surface area contributed by atoms with Crippen LogP contribution in [-0.4, -0.2) is 24.1 Å². The number of pyridine rings is 1. The van der Waals surface area contributed by atoms with Gasteiger partial charge in [-0.3, -0.25) is 4.98 Å². The van der Waals surface area contributed by atoms with Crippen molar-refractivity contribution in [3.05, 3.63) is 23.5 Å². The molecule has 3 nitrogen and oxygen atoms in total. The second-order valence-corrected chi connectivity index (χ2v) is 3.64. The molecule has 2 rings (SSSR count). The monoisotopic (exact) mass is 177 g/mol. The molecule has 0 spiro atoms. The van der Waals surface area contributed by atoms with E-state index >= 15 is 0 Å². The molecule has 2 heterocycles. The van der Waals surface area contributed by atoms with Gasteiger partial charge in [-0.15, -0.1) is 0 Å². The Morgan fingerprint density at radius 2 is 1.92 bits per heavy atom. The fourth-order valence-corrected chi connectivity index (χ4v) is 1.54. The number of rotatable bonds is 2. The van der Waals surface area contributed by atoms with E-state index in [2.05, 4.69) is 27.8 Å². The zero-order chi connectivity index (χ0) is 9.26. The molecule has 0 radical (unpaired) electrons. The Balaban J connectivity index is 2.10. The van der Waals surface area contributed by atoms with Crippen LogP contribution in [-0.2, 0) is 0 Å². The first kappa shape index (κ1) is 8.51. The summed E-state index contributed by atoms with van der Waals surface area (Å²) in [6, 6.07) is 4.78. The molecule has 1 aromatic rings. The molecule has 70 valence electrons. The van der Waals surface area contributed by atoms with Gasteiger partial charge in [-0.25, -0.2) is 0 Å². The lowest BCUT2D eigenvalue weighted by Crippen LogP contribution is -2.51. The second kappa shape index (κ2) is 3.34. The molecule has 0 unspecified atom stereocenters. The van der Waals surface area contributed by atoms with Crippen molar-refractivity contribution in [3.63, 3.8) is 0 Å². The van der Waals surface area contributed by atoms with Gasteiger partial charge in [0, 0.05) is 30.2 Å². The Bertz CT molecular complexity index is 285. The SMILES string of the molecule is Cc1cc(NC2CNC2)cc(C)n1. The fraction of sp³-hybridized carbons (Fsp3) is 0.500. The van der Waals surface area contributed by atoms with Crippen LogP contribution < -0.4 is 10.6 Å². The van der Waals surface area contributed by atoms with Gasteiger partial charge >= 0.3 is 0 Å². The van der Waals surface area contributed by atoms with Gasteiger partial charge in [-0.1, -0.05) is 0 Å². The first-order valence-electron chi connectivity index (χ1n) is 4.66. The number of aromatic nitrogens is 1. The van der Waals surface area contributed by atoms with Gasteiger partial charge in [0.25, 0.3) is 0 Å². The molecule has 13 heavy (non-hydrogen) atoms.